The molecule has 1 heteroatoms. The van der Waals surface area contributed by atoms with Crippen LogP contribution in [0.15, 0.2) is 0 Å². The maximum absolute atomic E-state index is 2.69. The van der Waals surface area contributed by atoms with E-state index in [1.165, 1.54) is 38.9 Å². The van der Waals surface area contributed by atoms with Crippen LogP contribution >= 0.6 is 0 Å². The van der Waals surface area contributed by atoms with Gasteiger partial charge in [0.25, 0.3) is 0 Å². The summed E-state index contributed by atoms with van der Waals surface area (Å²) >= 11 is 0. The highest BCUT2D eigenvalue weighted by Crippen LogP contribution is 2.33. The van der Waals surface area contributed by atoms with Crippen molar-refractivity contribution in [2.24, 2.45) is 16.7 Å². The molecule has 0 aromatic rings. The summed E-state index contributed by atoms with van der Waals surface area (Å²) in [5.74, 6) is 0.869. The standard InChI is InChI=1S/C15H31N/c1-7-14(3,4)8-9-16-11-13(2)10-15(5,6)12-16/h13H,7-12H2,1-6H3. The molecule has 1 aliphatic rings. The van der Waals surface area contributed by atoms with Crippen molar-refractivity contribution in [1.82, 2.24) is 4.90 Å². The molecule has 0 amide bonds. The van der Waals surface area contributed by atoms with Crippen LogP contribution in [-0.4, -0.2) is 24.5 Å². The molecule has 1 atom stereocenters. The molecule has 0 aliphatic carbocycles. The maximum atomic E-state index is 2.69. The summed E-state index contributed by atoms with van der Waals surface area (Å²) in [7, 11) is 0. The molecule has 96 valence electrons. The second-order valence-electron chi connectivity index (χ2n) is 7.48. The van der Waals surface area contributed by atoms with Crippen LogP contribution in [0.1, 0.15) is 60.8 Å². The number of nitrogens with zero attached hydrogens (tertiary/aromatic N) is 1. The van der Waals surface area contributed by atoms with Gasteiger partial charge in [-0.2, -0.15) is 0 Å². The Morgan fingerprint density at radius 3 is 2.44 bits per heavy atom. The second kappa shape index (κ2) is 5.08. The molecule has 0 radical (unpaired) electrons. The fraction of sp³-hybridized carbons (Fsp3) is 1.00. The molecule has 1 nitrogen and oxygen atoms in total. The van der Waals surface area contributed by atoms with Crippen molar-refractivity contribution in [3.05, 3.63) is 0 Å². The molecule has 0 N–H and O–H groups in total. The summed E-state index contributed by atoms with van der Waals surface area (Å²) in [4.78, 5) is 2.69. The van der Waals surface area contributed by atoms with Gasteiger partial charge in [0, 0.05) is 13.1 Å². The average molecular weight is 225 g/mol. The summed E-state index contributed by atoms with van der Waals surface area (Å²) in [6.07, 6.45) is 4.02. The first-order valence-corrected chi connectivity index (χ1v) is 6.96. The average Bonchev–Trinajstić information content (AvgIpc) is 2.12. The van der Waals surface area contributed by atoms with E-state index in [1.807, 2.05) is 0 Å². The molecule has 0 bridgehead atoms. The van der Waals surface area contributed by atoms with Crippen LogP contribution in [0.4, 0.5) is 0 Å². The molecule has 0 spiro atoms. The van der Waals surface area contributed by atoms with E-state index in [2.05, 4.69) is 46.4 Å². The van der Waals surface area contributed by atoms with E-state index < -0.39 is 0 Å². The highest BCUT2D eigenvalue weighted by Gasteiger charge is 2.30. The summed E-state index contributed by atoms with van der Waals surface area (Å²) in [6, 6.07) is 0. The number of hydrogen-bond acceptors (Lipinski definition) is 1. The Morgan fingerprint density at radius 1 is 1.31 bits per heavy atom. The van der Waals surface area contributed by atoms with Gasteiger partial charge in [0.05, 0.1) is 0 Å². The maximum Gasteiger partial charge on any atom is 0.00329 e. The highest BCUT2D eigenvalue weighted by atomic mass is 15.1. The van der Waals surface area contributed by atoms with Crippen molar-refractivity contribution >= 4 is 0 Å². The van der Waals surface area contributed by atoms with Crippen LogP contribution in [0.3, 0.4) is 0 Å². The minimum atomic E-state index is 0.519. The lowest BCUT2D eigenvalue weighted by Gasteiger charge is -2.42. The number of hydrogen-bond donors (Lipinski definition) is 0. The largest absolute Gasteiger partial charge is 0.303 e. The van der Waals surface area contributed by atoms with Crippen LogP contribution in [0.5, 0.6) is 0 Å². The van der Waals surface area contributed by atoms with Crippen LogP contribution in [0.25, 0.3) is 0 Å². The smallest absolute Gasteiger partial charge is 0.00329 e. The van der Waals surface area contributed by atoms with E-state index in [9.17, 15) is 0 Å². The number of likely N-dealkylation sites (tertiary alicyclic amines) is 1. The first-order chi connectivity index (χ1) is 7.24. The third-order valence-corrected chi connectivity index (χ3v) is 4.18. The van der Waals surface area contributed by atoms with Crippen LogP contribution in [0, 0.1) is 16.7 Å². The molecule has 16 heavy (non-hydrogen) atoms. The van der Waals surface area contributed by atoms with Crippen molar-refractivity contribution in [3.63, 3.8) is 0 Å². The van der Waals surface area contributed by atoms with Crippen molar-refractivity contribution in [3.8, 4) is 0 Å². The van der Waals surface area contributed by atoms with E-state index in [0.29, 0.717) is 10.8 Å². The lowest BCUT2D eigenvalue weighted by molar-refractivity contribution is 0.0693. The van der Waals surface area contributed by atoms with Gasteiger partial charge in [-0.25, -0.2) is 0 Å². The summed E-state index contributed by atoms with van der Waals surface area (Å²) < 4.78 is 0. The van der Waals surface area contributed by atoms with Gasteiger partial charge in [-0.15, -0.1) is 0 Å². The van der Waals surface area contributed by atoms with E-state index >= 15 is 0 Å². The Balaban J connectivity index is 2.43. The van der Waals surface area contributed by atoms with Crippen LogP contribution < -0.4 is 0 Å². The minimum Gasteiger partial charge on any atom is -0.303 e. The third-order valence-electron chi connectivity index (χ3n) is 4.18. The molecular formula is C15H31N. The van der Waals surface area contributed by atoms with E-state index in [-0.39, 0.29) is 0 Å². The topological polar surface area (TPSA) is 3.24 Å². The Hall–Kier alpha value is -0.0400. The van der Waals surface area contributed by atoms with Crippen LogP contribution in [0.2, 0.25) is 0 Å². The molecular weight excluding hydrogens is 194 g/mol. The second-order valence-corrected chi connectivity index (χ2v) is 7.48. The lowest BCUT2D eigenvalue weighted by Crippen LogP contribution is -2.44. The molecule has 0 aromatic heterocycles. The molecule has 1 heterocycles. The van der Waals surface area contributed by atoms with Gasteiger partial charge < -0.3 is 4.90 Å². The Kier molecular flexibility index (Phi) is 4.45. The fourth-order valence-corrected chi connectivity index (χ4v) is 2.99. The SMILES string of the molecule is CCC(C)(C)CCN1CC(C)CC(C)(C)C1. The minimum absolute atomic E-state index is 0.519. The predicted octanol–water partition coefficient (Wildman–Crippen LogP) is 4.18. The van der Waals surface area contributed by atoms with Gasteiger partial charge in [-0.1, -0.05) is 48.0 Å². The first-order valence-electron chi connectivity index (χ1n) is 6.96. The number of rotatable bonds is 4. The van der Waals surface area contributed by atoms with Crippen molar-refractivity contribution in [2.45, 2.75) is 60.8 Å². The van der Waals surface area contributed by atoms with Gasteiger partial charge in [0.1, 0.15) is 0 Å². The zero-order valence-corrected chi connectivity index (χ0v) is 12.3. The Morgan fingerprint density at radius 2 is 1.94 bits per heavy atom. The quantitative estimate of drug-likeness (QED) is 0.694. The lowest BCUT2D eigenvalue weighted by atomic mass is 9.78. The predicted molar refractivity (Wildman–Crippen MR) is 72.7 cm³/mol. The summed E-state index contributed by atoms with van der Waals surface area (Å²) in [5.41, 5.74) is 1.04. The Labute approximate surface area is 103 Å². The summed E-state index contributed by atoms with van der Waals surface area (Å²) in [5, 5.41) is 0. The van der Waals surface area contributed by atoms with Crippen LogP contribution in [-0.2, 0) is 0 Å². The summed E-state index contributed by atoms with van der Waals surface area (Å²) in [6.45, 7) is 18.2. The molecule has 1 saturated heterocycles. The van der Waals surface area contributed by atoms with Gasteiger partial charge in [0.2, 0.25) is 0 Å². The van der Waals surface area contributed by atoms with Crippen molar-refractivity contribution in [1.29, 1.82) is 0 Å². The molecule has 0 saturated carbocycles. The molecule has 1 rings (SSSR count). The fourth-order valence-electron chi connectivity index (χ4n) is 2.99. The van der Waals surface area contributed by atoms with Crippen molar-refractivity contribution < 1.29 is 0 Å². The Bertz CT molecular complexity index is 217. The van der Waals surface area contributed by atoms with E-state index in [0.717, 1.165) is 5.92 Å². The zero-order chi connectivity index (χ0) is 12.4. The zero-order valence-electron chi connectivity index (χ0n) is 12.3. The van der Waals surface area contributed by atoms with Gasteiger partial charge in [-0.3, -0.25) is 0 Å². The molecule has 1 aliphatic heterocycles. The molecule has 1 unspecified atom stereocenters. The normalized spacial score (nSPS) is 27.0. The van der Waals surface area contributed by atoms with Gasteiger partial charge >= 0.3 is 0 Å². The highest BCUT2D eigenvalue weighted by molar-refractivity contribution is 4.84. The monoisotopic (exact) mass is 225 g/mol. The van der Waals surface area contributed by atoms with E-state index in [1.54, 1.807) is 0 Å². The molecule has 0 aromatic carbocycles. The van der Waals surface area contributed by atoms with Gasteiger partial charge in [-0.05, 0) is 36.1 Å². The number of piperidine rings is 1. The first kappa shape index (κ1) is 14.0. The third kappa shape index (κ3) is 4.45. The van der Waals surface area contributed by atoms with Gasteiger partial charge in [0.15, 0.2) is 0 Å². The molecule has 1 fully saturated rings. The van der Waals surface area contributed by atoms with E-state index in [4.69, 9.17) is 0 Å². The van der Waals surface area contributed by atoms with Crippen molar-refractivity contribution in [2.75, 3.05) is 19.6 Å².